The number of aliphatic hydroxyl groups is 1. The third-order valence-corrected chi connectivity index (χ3v) is 5.25. The topological polar surface area (TPSA) is 35.9 Å². The van der Waals surface area contributed by atoms with Gasteiger partial charge in [-0.25, -0.2) is 0 Å². The zero-order valence-electron chi connectivity index (χ0n) is 14.2. The first-order valence-corrected chi connectivity index (χ1v) is 9.04. The Balaban J connectivity index is 1.36. The largest absolute Gasteiger partial charge is 0.389 e. The number of β-amino-alcohol motifs (C(OH)–C–C–N with tert-alkyl or cyclic N) is 1. The van der Waals surface area contributed by atoms with E-state index < -0.39 is 0 Å². The van der Waals surface area contributed by atoms with Gasteiger partial charge in [0.2, 0.25) is 0 Å². The number of nitrogens with zero attached hydrogens (tertiary/aromatic N) is 2. The van der Waals surface area contributed by atoms with Crippen molar-refractivity contribution in [2.45, 2.75) is 38.4 Å². The molecule has 3 rings (SSSR count). The number of ether oxygens (including phenoxy) is 1. The van der Waals surface area contributed by atoms with Crippen molar-refractivity contribution in [1.82, 2.24) is 4.90 Å². The van der Waals surface area contributed by atoms with E-state index in [1.165, 1.54) is 18.5 Å². The first-order valence-electron chi connectivity index (χ1n) is 9.04. The minimum Gasteiger partial charge on any atom is -0.389 e. The van der Waals surface area contributed by atoms with Crippen molar-refractivity contribution in [3.63, 3.8) is 0 Å². The highest BCUT2D eigenvalue weighted by atomic mass is 16.5. The summed E-state index contributed by atoms with van der Waals surface area (Å²) in [5.41, 5.74) is 1.30. The van der Waals surface area contributed by atoms with Gasteiger partial charge in [0.15, 0.2) is 0 Å². The molecular formula is C19H30N2O2. The molecule has 1 saturated heterocycles. The molecule has 2 aliphatic rings. The minimum absolute atomic E-state index is 0.361. The molecule has 0 aromatic heterocycles. The summed E-state index contributed by atoms with van der Waals surface area (Å²) in [7, 11) is 0. The fourth-order valence-electron chi connectivity index (χ4n) is 3.77. The fourth-order valence-corrected chi connectivity index (χ4v) is 3.77. The molecule has 4 nitrogen and oxygen atoms in total. The van der Waals surface area contributed by atoms with Crippen LogP contribution in [-0.4, -0.2) is 61.5 Å². The summed E-state index contributed by atoms with van der Waals surface area (Å²) in [6.07, 6.45) is 3.68. The van der Waals surface area contributed by atoms with Crippen LogP contribution < -0.4 is 4.90 Å². The number of hydrogen-bond donors (Lipinski definition) is 1. The van der Waals surface area contributed by atoms with Crippen LogP contribution in [0.15, 0.2) is 30.3 Å². The molecule has 3 atom stereocenters. The average molecular weight is 318 g/mol. The normalized spacial score (nSPS) is 27.3. The van der Waals surface area contributed by atoms with Crippen molar-refractivity contribution < 1.29 is 9.84 Å². The van der Waals surface area contributed by atoms with Crippen LogP contribution in [0.5, 0.6) is 0 Å². The van der Waals surface area contributed by atoms with E-state index in [1.54, 1.807) is 0 Å². The Labute approximate surface area is 140 Å². The second-order valence-electron chi connectivity index (χ2n) is 7.06. The molecule has 1 aromatic carbocycles. The lowest BCUT2D eigenvalue weighted by Gasteiger charge is -2.37. The highest BCUT2D eigenvalue weighted by Gasteiger charge is 2.25. The van der Waals surface area contributed by atoms with E-state index in [2.05, 4.69) is 47.1 Å². The van der Waals surface area contributed by atoms with Gasteiger partial charge < -0.3 is 14.7 Å². The second-order valence-corrected chi connectivity index (χ2v) is 7.06. The lowest BCUT2D eigenvalue weighted by molar-refractivity contribution is -0.0321. The fraction of sp³-hybridized carbons (Fsp3) is 0.684. The molecule has 1 aliphatic carbocycles. The zero-order valence-corrected chi connectivity index (χ0v) is 14.2. The first-order chi connectivity index (χ1) is 11.2. The maximum absolute atomic E-state index is 10.3. The van der Waals surface area contributed by atoms with Crippen molar-refractivity contribution in [2.24, 2.45) is 5.92 Å². The van der Waals surface area contributed by atoms with E-state index in [4.69, 9.17) is 4.74 Å². The SMILES string of the molecule is C[C@@H]1CCC[C@H]1OC[C@@H](O)CN1CCN(c2ccccc2)CC1. The van der Waals surface area contributed by atoms with Gasteiger partial charge in [0.05, 0.1) is 18.8 Å². The Kier molecular flexibility index (Phi) is 5.92. The molecule has 2 fully saturated rings. The van der Waals surface area contributed by atoms with Gasteiger partial charge >= 0.3 is 0 Å². The lowest BCUT2D eigenvalue weighted by Crippen LogP contribution is -2.49. The first kappa shape index (κ1) is 16.7. The Bertz CT molecular complexity index is 460. The average Bonchev–Trinajstić information content (AvgIpc) is 3.00. The summed E-state index contributed by atoms with van der Waals surface area (Å²) in [5, 5.41) is 10.3. The van der Waals surface area contributed by atoms with Crippen molar-refractivity contribution in [3.05, 3.63) is 30.3 Å². The summed E-state index contributed by atoms with van der Waals surface area (Å²) in [5.74, 6) is 0.650. The van der Waals surface area contributed by atoms with Gasteiger partial charge in [-0.05, 0) is 30.9 Å². The van der Waals surface area contributed by atoms with E-state index in [-0.39, 0.29) is 6.10 Å². The van der Waals surface area contributed by atoms with Crippen LogP contribution in [0.1, 0.15) is 26.2 Å². The number of piperazine rings is 1. The van der Waals surface area contributed by atoms with Gasteiger partial charge in [0, 0.05) is 38.4 Å². The van der Waals surface area contributed by atoms with Crippen LogP contribution in [-0.2, 0) is 4.74 Å². The minimum atomic E-state index is -0.369. The Morgan fingerprint density at radius 1 is 1.13 bits per heavy atom. The van der Waals surface area contributed by atoms with E-state index in [1.807, 2.05) is 0 Å². The molecule has 1 aliphatic heterocycles. The highest BCUT2D eigenvalue weighted by molar-refractivity contribution is 5.46. The molecule has 0 spiro atoms. The Morgan fingerprint density at radius 2 is 1.87 bits per heavy atom. The van der Waals surface area contributed by atoms with E-state index in [0.29, 0.717) is 18.6 Å². The molecule has 1 heterocycles. The van der Waals surface area contributed by atoms with Gasteiger partial charge in [-0.1, -0.05) is 31.5 Å². The number of benzene rings is 1. The predicted octanol–water partition coefficient (Wildman–Crippen LogP) is 2.37. The van der Waals surface area contributed by atoms with Crippen LogP contribution in [0.2, 0.25) is 0 Å². The number of rotatable bonds is 6. The van der Waals surface area contributed by atoms with Gasteiger partial charge in [0.1, 0.15) is 0 Å². The third kappa shape index (κ3) is 4.69. The predicted molar refractivity (Wildman–Crippen MR) is 93.9 cm³/mol. The summed E-state index contributed by atoms with van der Waals surface area (Å²) in [4.78, 5) is 4.77. The standard InChI is InChI=1S/C19H30N2O2/c1-16-6-5-9-19(16)23-15-18(22)14-20-10-12-21(13-11-20)17-7-3-2-4-8-17/h2-4,7-8,16,18-19,22H,5-6,9-15H2,1H3/t16-,18+,19-/m1/s1. The second kappa shape index (κ2) is 8.13. The molecule has 128 valence electrons. The molecular weight excluding hydrogens is 288 g/mol. The van der Waals surface area contributed by atoms with E-state index in [0.717, 1.165) is 39.1 Å². The van der Waals surface area contributed by atoms with Crippen LogP contribution in [0.4, 0.5) is 5.69 Å². The highest BCUT2D eigenvalue weighted by Crippen LogP contribution is 2.27. The Morgan fingerprint density at radius 3 is 2.52 bits per heavy atom. The van der Waals surface area contributed by atoms with Gasteiger partial charge in [0.25, 0.3) is 0 Å². The third-order valence-electron chi connectivity index (χ3n) is 5.25. The van der Waals surface area contributed by atoms with Crippen molar-refractivity contribution in [1.29, 1.82) is 0 Å². The van der Waals surface area contributed by atoms with Crippen molar-refractivity contribution >= 4 is 5.69 Å². The van der Waals surface area contributed by atoms with Crippen molar-refractivity contribution in [3.8, 4) is 0 Å². The summed E-state index contributed by atoms with van der Waals surface area (Å²) < 4.78 is 5.92. The molecule has 0 amide bonds. The van der Waals surface area contributed by atoms with Crippen LogP contribution in [0, 0.1) is 5.92 Å². The molecule has 23 heavy (non-hydrogen) atoms. The van der Waals surface area contributed by atoms with E-state index >= 15 is 0 Å². The van der Waals surface area contributed by atoms with Crippen LogP contribution >= 0.6 is 0 Å². The summed E-state index contributed by atoms with van der Waals surface area (Å²) in [6, 6.07) is 10.6. The van der Waals surface area contributed by atoms with Crippen molar-refractivity contribution in [2.75, 3.05) is 44.2 Å². The number of aliphatic hydroxyl groups excluding tert-OH is 1. The Hall–Kier alpha value is -1.10. The quantitative estimate of drug-likeness (QED) is 0.873. The zero-order chi connectivity index (χ0) is 16.1. The lowest BCUT2D eigenvalue weighted by atomic mass is 10.1. The smallest absolute Gasteiger partial charge is 0.0900 e. The molecule has 1 aromatic rings. The maximum Gasteiger partial charge on any atom is 0.0900 e. The van der Waals surface area contributed by atoms with Gasteiger partial charge in [-0.2, -0.15) is 0 Å². The molecule has 0 bridgehead atoms. The molecule has 0 radical (unpaired) electrons. The number of para-hydroxylation sites is 1. The summed E-state index contributed by atoms with van der Waals surface area (Å²) in [6.45, 7) is 7.52. The number of anilines is 1. The molecule has 0 unspecified atom stereocenters. The monoisotopic (exact) mass is 318 g/mol. The maximum atomic E-state index is 10.3. The van der Waals surface area contributed by atoms with Gasteiger partial charge in [-0.15, -0.1) is 0 Å². The number of hydrogen-bond acceptors (Lipinski definition) is 4. The summed E-state index contributed by atoms with van der Waals surface area (Å²) >= 11 is 0. The van der Waals surface area contributed by atoms with Gasteiger partial charge in [-0.3, -0.25) is 4.90 Å². The molecule has 4 heteroatoms. The van der Waals surface area contributed by atoms with E-state index in [9.17, 15) is 5.11 Å². The molecule has 1 N–H and O–H groups in total. The van der Waals surface area contributed by atoms with Crippen LogP contribution in [0.25, 0.3) is 0 Å². The molecule has 1 saturated carbocycles. The van der Waals surface area contributed by atoms with Crippen LogP contribution in [0.3, 0.4) is 0 Å².